The number of pyridine rings is 1. The Bertz CT molecular complexity index is 914. The average Bonchev–Trinajstić information content (AvgIpc) is 2.99. The van der Waals surface area contributed by atoms with Gasteiger partial charge in [0.2, 0.25) is 0 Å². The minimum Gasteiger partial charge on any atom is -0.346 e. The van der Waals surface area contributed by atoms with Crippen LogP contribution in [0.2, 0.25) is 0 Å². The van der Waals surface area contributed by atoms with Gasteiger partial charge < -0.3 is 16.0 Å². The number of nitrogens with one attached hydrogen (secondary N) is 3. The maximum atomic E-state index is 12.1. The molecule has 0 unspecified atom stereocenters. The third kappa shape index (κ3) is 5.52. The van der Waals surface area contributed by atoms with Gasteiger partial charge in [0.1, 0.15) is 0 Å². The maximum Gasteiger partial charge on any atom is 0.319 e. The van der Waals surface area contributed by atoms with Crippen molar-refractivity contribution in [2.24, 2.45) is 0 Å². The Morgan fingerprint density at radius 1 is 1.11 bits per heavy atom. The molecule has 0 spiro atoms. The van der Waals surface area contributed by atoms with Gasteiger partial charge in [-0.1, -0.05) is 6.07 Å². The number of carbonyl (C=O) groups is 2. The molecule has 0 saturated carbocycles. The number of nitrogens with zero attached hydrogens (tertiary/aromatic N) is 1. The monoisotopic (exact) mass is 388 g/mol. The van der Waals surface area contributed by atoms with E-state index in [1.54, 1.807) is 36.5 Å². The number of hydrogen-bond donors (Lipinski definition) is 3. The Morgan fingerprint density at radius 3 is 2.52 bits per heavy atom. The molecule has 2 heterocycles. The summed E-state index contributed by atoms with van der Waals surface area (Å²) in [6, 6.07) is 11.1. The summed E-state index contributed by atoms with van der Waals surface area (Å²) in [6.45, 7) is 0.326. The Hall–Kier alpha value is -2.94. The van der Waals surface area contributed by atoms with Crippen molar-refractivity contribution in [2.75, 3.05) is 16.8 Å². The number of urea groups is 1. The summed E-state index contributed by atoms with van der Waals surface area (Å²) in [4.78, 5) is 28.2. The zero-order valence-corrected chi connectivity index (χ0v) is 15.3. The van der Waals surface area contributed by atoms with Crippen molar-refractivity contribution in [3.63, 3.8) is 0 Å². The highest BCUT2D eigenvalue weighted by atomic mass is 32.2. The minimum atomic E-state index is -3.05. The van der Waals surface area contributed by atoms with E-state index in [0.717, 1.165) is 5.69 Å². The maximum absolute atomic E-state index is 12.1. The highest BCUT2D eigenvalue weighted by molar-refractivity contribution is 7.91. The van der Waals surface area contributed by atoms with E-state index in [1.807, 2.05) is 12.1 Å². The number of benzene rings is 1. The normalized spacial score (nSPS) is 17.9. The van der Waals surface area contributed by atoms with Crippen LogP contribution in [0.1, 0.15) is 22.5 Å². The quantitative estimate of drug-likeness (QED) is 0.714. The number of rotatable bonds is 5. The van der Waals surface area contributed by atoms with Gasteiger partial charge in [-0.25, -0.2) is 13.2 Å². The molecule has 1 aliphatic rings. The fourth-order valence-corrected chi connectivity index (χ4v) is 4.42. The first-order valence-corrected chi connectivity index (χ1v) is 10.3. The van der Waals surface area contributed by atoms with Gasteiger partial charge in [-0.05, 0) is 42.8 Å². The van der Waals surface area contributed by atoms with Crippen molar-refractivity contribution >= 4 is 27.5 Å². The van der Waals surface area contributed by atoms with Crippen LogP contribution in [0.15, 0.2) is 48.7 Å². The van der Waals surface area contributed by atoms with E-state index in [0.29, 0.717) is 24.2 Å². The molecule has 9 heteroatoms. The van der Waals surface area contributed by atoms with Crippen molar-refractivity contribution in [3.8, 4) is 0 Å². The van der Waals surface area contributed by atoms with E-state index in [-0.39, 0.29) is 23.5 Å². The van der Waals surface area contributed by atoms with Crippen molar-refractivity contribution in [2.45, 2.75) is 19.0 Å². The zero-order valence-electron chi connectivity index (χ0n) is 14.5. The lowest BCUT2D eigenvalue weighted by molar-refractivity contribution is 0.0950. The lowest BCUT2D eigenvalue weighted by Crippen LogP contribution is -2.38. The molecule has 0 bridgehead atoms. The second kappa shape index (κ2) is 8.17. The lowest BCUT2D eigenvalue weighted by atomic mass is 10.2. The highest BCUT2D eigenvalue weighted by Crippen LogP contribution is 2.13. The molecule has 2 aromatic rings. The van der Waals surface area contributed by atoms with Crippen LogP contribution < -0.4 is 16.0 Å². The SMILES string of the molecule is O=C(Nc1ccc(C(=O)NCc2ccccn2)cc1)N[C@@H]1CCS(=O)(=O)C1. The molecule has 0 aliphatic carbocycles. The summed E-state index contributed by atoms with van der Waals surface area (Å²) in [5.74, 6) is -0.177. The molecular weight excluding hydrogens is 368 g/mol. The lowest BCUT2D eigenvalue weighted by Gasteiger charge is -2.12. The molecule has 8 nitrogen and oxygen atoms in total. The summed E-state index contributed by atoms with van der Waals surface area (Å²) in [5, 5.41) is 8.05. The van der Waals surface area contributed by atoms with Crippen LogP contribution in [-0.4, -0.2) is 42.9 Å². The third-order valence-corrected chi connectivity index (χ3v) is 5.90. The number of amides is 3. The Labute approximate surface area is 157 Å². The molecule has 1 fully saturated rings. The summed E-state index contributed by atoms with van der Waals surface area (Å²) >= 11 is 0. The smallest absolute Gasteiger partial charge is 0.319 e. The van der Waals surface area contributed by atoms with E-state index >= 15 is 0 Å². The fourth-order valence-electron chi connectivity index (χ4n) is 2.74. The van der Waals surface area contributed by atoms with Gasteiger partial charge in [0.25, 0.3) is 5.91 Å². The van der Waals surface area contributed by atoms with Crippen molar-refractivity contribution in [1.82, 2.24) is 15.6 Å². The van der Waals surface area contributed by atoms with Crippen LogP contribution in [-0.2, 0) is 16.4 Å². The summed E-state index contributed by atoms with van der Waals surface area (Å²) in [6.07, 6.45) is 2.08. The zero-order chi connectivity index (χ0) is 19.3. The van der Waals surface area contributed by atoms with Gasteiger partial charge in [-0.15, -0.1) is 0 Å². The summed E-state index contributed by atoms with van der Waals surface area (Å²) in [7, 11) is -3.05. The molecule has 0 radical (unpaired) electrons. The van der Waals surface area contributed by atoms with Crippen molar-refractivity contribution < 1.29 is 18.0 Å². The molecule has 1 aromatic carbocycles. The van der Waals surface area contributed by atoms with Crippen molar-refractivity contribution in [3.05, 3.63) is 59.9 Å². The third-order valence-electron chi connectivity index (χ3n) is 4.13. The number of hydrogen-bond acceptors (Lipinski definition) is 5. The standard InChI is InChI=1S/C18H20N4O4S/c23-17(20-11-15-3-1-2-9-19-15)13-4-6-14(7-5-13)21-18(24)22-16-8-10-27(25,26)12-16/h1-7,9,16H,8,10-12H2,(H,20,23)(H2,21,22,24)/t16-/m1/s1. The van der Waals surface area contributed by atoms with E-state index < -0.39 is 15.9 Å². The van der Waals surface area contributed by atoms with E-state index in [4.69, 9.17) is 0 Å². The molecular formula is C18H20N4O4S. The first kappa shape index (κ1) is 18.8. The van der Waals surface area contributed by atoms with Crippen LogP contribution in [0.5, 0.6) is 0 Å². The first-order chi connectivity index (χ1) is 12.9. The van der Waals surface area contributed by atoms with Gasteiger partial charge in [-0.2, -0.15) is 0 Å². The molecule has 27 heavy (non-hydrogen) atoms. The fraction of sp³-hybridized carbons (Fsp3) is 0.278. The molecule has 1 saturated heterocycles. The van der Waals surface area contributed by atoms with E-state index in [2.05, 4.69) is 20.9 Å². The predicted octanol–water partition coefficient (Wildman–Crippen LogP) is 1.32. The van der Waals surface area contributed by atoms with Crippen LogP contribution in [0, 0.1) is 0 Å². The Balaban J connectivity index is 1.49. The first-order valence-electron chi connectivity index (χ1n) is 8.47. The molecule has 3 amide bonds. The Morgan fingerprint density at radius 2 is 1.89 bits per heavy atom. The minimum absolute atomic E-state index is 0.0319. The van der Waals surface area contributed by atoms with Gasteiger partial charge >= 0.3 is 6.03 Å². The van der Waals surface area contributed by atoms with Gasteiger partial charge in [0.15, 0.2) is 9.84 Å². The number of aromatic nitrogens is 1. The van der Waals surface area contributed by atoms with Crippen LogP contribution in [0.25, 0.3) is 0 Å². The number of anilines is 1. The average molecular weight is 388 g/mol. The summed E-state index contributed by atoms with van der Waals surface area (Å²) < 4.78 is 22.8. The highest BCUT2D eigenvalue weighted by Gasteiger charge is 2.28. The van der Waals surface area contributed by atoms with Gasteiger partial charge in [0.05, 0.1) is 23.7 Å². The van der Waals surface area contributed by atoms with Crippen LogP contribution >= 0.6 is 0 Å². The summed E-state index contributed by atoms with van der Waals surface area (Å²) in [5.41, 5.74) is 1.73. The molecule has 1 atom stereocenters. The van der Waals surface area contributed by atoms with E-state index in [1.165, 1.54) is 0 Å². The van der Waals surface area contributed by atoms with Crippen LogP contribution in [0.4, 0.5) is 10.5 Å². The second-order valence-corrected chi connectivity index (χ2v) is 8.51. The van der Waals surface area contributed by atoms with Gasteiger partial charge in [-0.3, -0.25) is 9.78 Å². The van der Waals surface area contributed by atoms with Gasteiger partial charge in [0, 0.05) is 23.5 Å². The predicted molar refractivity (Wildman–Crippen MR) is 101 cm³/mol. The number of carbonyl (C=O) groups excluding carboxylic acids is 2. The largest absolute Gasteiger partial charge is 0.346 e. The molecule has 3 N–H and O–H groups in total. The van der Waals surface area contributed by atoms with Crippen LogP contribution in [0.3, 0.4) is 0 Å². The number of sulfone groups is 1. The molecule has 1 aliphatic heterocycles. The molecule has 3 rings (SSSR count). The molecule has 1 aromatic heterocycles. The Kier molecular flexibility index (Phi) is 5.70. The van der Waals surface area contributed by atoms with E-state index in [9.17, 15) is 18.0 Å². The topological polar surface area (TPSA) is 117 Å². The molecule has 142 valence electrons. The van der Waals surface area contributed by atoms with Crippen molar-refractivity contribution in [1.29, 1.82) is 0 Å². The second-order valence-electron chi connectivity index (χ2n) is 6.28.